The van der Waals surface area contributed by atoms with Crippen LogP contribution in [-0.2, 0) is 11.2 Å². The number of hydrogen-bond acceptors (Lipinski definition) is 5. The van der Waals surface area contributed by atoms with E-state index in [0.29, 0.717) is 23.0 Å². The maximum Gasteiger partial charge on any atom is 0.267 e. The summed E-state index contributed by atoms with van der Waals surface area (Å²) in [7, 11) is 0. The van der Waals surface area contributed by atoms with Crippen LogP contribution in [0.1, 0.15) is 5.56 Å². The largest absolute Gasteiger partial charge is 0.480 e. The number of ether oxygens (including phenoxy) is 1. The highest BCUT2D eigenvalue weighted by atomic mass is 32.1. The van der Waals surface area contributed by atoms with Crippen molar-refractivity contribution >= 4 is 33.3 Å². The third-order valence-corrected chi connectivity index (χ3v) is 5.11. The average Bonchev–Trinajstić information content (AvgIpc) is 3.38. The number of carbonyl (C=O) groups is 1. The van der Waals surface area contributed by atoms with Crippen molar-refractivity contribution in [3.8, 4) is 17.2 Å². The first-order valence-corrected chi connectivity index (χ1v) is 9.14. The standard InChI is InChI=1S/C20H14N2O3S/c23-19(18-10-13-6-2-4-8-16(13)25-18)22-20-21-14(11-26-20)17-9-12-5-1-3-7-15(12)24-17/h1-9,11,18H,10H2,(H,21,22,23). The first-order chi connectivity index (χ1) is 12.8. The van der Waals surface area contributed by atoms with Crippen LogP contribution in [0, 0.1) is 0 Å². The van der Waals surface area contributed by atoms with Crippen LogP contribution in [0.4, 0.5) is 5.13 Å². The molecule has 0 spiro atoms. The lowest BCUT2D eigenvalue weighted by molar-refractivity contribution is -0.122. The van der Waals surface area contributed by atoms with E-state index in [2.05, 4.69) is 10.3 Å². The van der Waals surface area contributed by atoms with Gasteiger partial charge in [0.05, 0.1) is 0 Å². The molecule has 0 saturated heterocycles. The Labute approximate surface area is 153 Å². The highest BCUT2D eigenvalue weighted by molar-refractivity contribution is 7.14. The van der Waals surface area contributed by atoms with E-state index in [4.69, 9.17) is 9.15 Å². The molecule has 26 heavy (non-hydrogen) atoms. The van der Waals surface area contributed by atoms with Gasteiger partial charge >= 0.3 is 0 Å². The number of anilines is 1. The van der Waals surface area contributed by atoms with Crippen LogP contribution < -0.4 is 10.1 Å². The molecule has 1 N–H and O–H groups in total. The number of amides is 1. The van der Waals surface area contributed by atoms with Crippen LogP contribution in [0.3, 0.4) is 0 Å². The summed E-state index contributed by atoms with van der Waals surface area (Å²) in [6.45, 7) is 0. The van der Waals surface area contributed by atoms with Gasteiger partial charge in [0.1, 0.15) is 17.0 Å². The molecular weight excluding hydrogens is 348 g/mol. The molecule has 1 aliphatic rings. The Bertz CT molecular complexity index is 1060. The number of aromatic nitrogens is 1. The summed E-state index contributed by atoms with van der Waals surface area (Å²) in [5.74, 6) is 1.27. The molecule has 4 aromatic rings. The lowest BCUT2D eigenvalue weighted by atomic mass is 10.1. The summed E-state index contributed by atoms with van der Waals surface area (Å²) in [5.41, 5.74) is 2.57. The molecule has 0 fully saturated rings. The van der Waals surface area contributed by atoms with Gasteiger partial charge in [-0.1, -0.05) is 36.4 Å². The molecule has 2 aromatic carbocycles. The van der Waals surface area contributed by atoms with E-state index < -0.39 is 6.10 Å². The zero-order chi connectivity index (χ0) is 17.5. The Morgan fingerprint density at radius 2 is 2.00 bits per heavy atom. The number of fused-ring (bicyclic) bond motifs is 2. The van der Waals surface area contributed by atoms with Crippen molar-refractivity contribution in [1.29, 1.82) is 0 Å². The molecule has 0 bridgehead atoms. The first-order valence-electron chi connectivity index (χ1n) is 8.26. The summed E-state index contributed by atoms with van der Waals surface area (Å²) in [5, 5.41) is 6.28. The van der Waals surface area contributed by atoms with Crippen LogP contribution >= 0.6 is 11.3 Å². The third kappa shape index (κ3) is 2.64. The summed E-state index contributed by atoms with van der Waals surface area (Å²) >= 11 is 1.37. The molecule has 5 nitrogen and oxygen atoms in total. The summed E-state index contributed by atoms with van der Waals surface area (Å²) < 4.78 is 11.5. The van der Waals surface area contributed by atoms with Crippen LogP contribution in [-0.4, -0.2) is 17.0 Å². The first kappa shape index (κ1) is 15.2. The minimum absolute atomic E-state index is 0.188. The number of furan rings is 1. The number of thiazole rings is 1. The Hall–Kier alpha value is -3.12. The number of nitrogens with one attached hydrogen (secondary N) is 1. The van der Waals surface area contributed by atoms with Crippen LogP contribution in [0.15, 0.2) is 64.4 Å². The minimum Gasteiger partial charge on any atom is -0.480 e. The van der Waals surface area contributed by atoms with Crippen molar-refractivity contribution in [3.05, 3.63) is 65.5 Å². The highest BCUT2D eigenvalue weighted by Crippen LogP contribution is 2.31. The zero-order valence-corrected chi connectivity index (χ0v) is 14.5. The van der Waals surface area contributed by atoms with Crippen molar-refractivity contribution < 1.29 is 13.9 Å². The Kier molecular flexibility index (Phi) is 3.50. The lowest BCUT2D eigenvalue weighted by Crippen LogP contribution is -2.31. The van der Waals surface area contributed by atoms with Gasteiger partial charge in [0.15, 0.2) is 17.0 Å². The molecule has 1 amide bonds. The monoisotopic (exact) mass is 362 g/mol. The molecule has 128 valence electrons. The quantitative estimate of drug-likeness (QED) is 0.583. The van der Waals surface area contributed by atoms with Gasteiger partial charge < -0.3 is 9.15 Å². The van der Waals surface area contributed by atoms with Gasteiger partial charge in [0, 0.05) is 17.2 Å². The summed E-state index contributed by atoms with van der Waals surface area (Å²) in [6, 6.07) is 17.5. The van der Waals surface area contributed by atoms with Gasteiger partial charge in [0.25, 0.3) is 5.91 Å². The predicted molar refractivity (Wildman–Crippen MR) is 101 cm³/mol. The predicted octanol–water partition coefficient (Wildman–Crippen LogP) is 4.50. The van der Waals surface area contributed by atoms with E-state index in [0.717, 1.165) is 22.3 Å². The summed E-state index contributed by atoms with van der Waals surface area (Å²) in [6.07, 6.45) is 0.0510. The van der Waals surface area contributed by atoms with E-state index in [1.807, 2.05) is 60.0 Å². The lowest BCUT2D eigenvalue weighted by Gasteiger charge is -2.09. The number of carbonyl (C=O) groups excluding carboxylic acids is 1. The van der Waals surface area contributed by atoms with Crippen molar-refractivity contribution in [3.63, 3.8) is 0 Å². The number of nitrogens with zero attached hydrogens (tertiary/aromatic N) is 1. The number of para-hydroxylation sites is 2. The highest BCUT2D eigenvalue weighted by Gasteiger charge is 2.29. The van der Waals surface area contributed by atoms with Crippen molar-refractivity contribution in [2.45, 2.75) is 12.5 Å². The van der Waals surface area contributed by atoms with Gasteiger partial charge in [-0.2, -0.15) is 0 Å². The molecule has 0 radical (unpaired) electrons. The van der Waals surface area contributed by atoms with E-state index in [9.17, 15) is 4.79 Å². The van der Waals surface area contributed by atoms with Crippen LogP contribution in [0.2, 0.25) is 0 Å². The van der Waals surface area contributed by atoms with Crippen molar-refractivity contribution in [2.24, 2.45) is 0 Å². The maximum atomic E-state index is 12.5. The molecule has 1 atom stereocenters. The number of hydrogen-bond donors (Lipinski definition) is 1. The van der Waals surface area contributed by atoms with E-state index in [1.54, 1.807) is 0 Å². The zero-order valence-electron chi connectivity index (χ0n) is 13.6. The number of benzene rings is 2. The topological polar surface area (TPSA) is 64.4 Å². The summed E-state index contributed by atoms with van der Waals surface area (Å²) in [4.78, 5) is 17.0. The van der Waals surface area contributed by atoms with E-state index >= 15 is 0 Å². The van der Waals surface area contributed by atoms with Gasteiger partial charge in [-0.3, -0.25) is 10.1 Å². The number of rotatable bonds is 3. The van der Waals surface area contributed by atoms with Gasteiger partial charge in [0.2, 0.25) is 0 Å². The van der Waals surface area contributed by atoms with E-state index in [1.165, 1.54) is 11.3 Å². The molecule has 5 rings (SSSR count). The average molecular weight is 362 g/mol. The smallest absolute Gasteiger partial charge is 0.267 e. The molecule has 0 aliphatic carbocycles. The second-order valence-corrected chi connectivity index (χ2v) is 6.95. The molecule has 2 aromatic heterocycles. The van der Waals surface area contributed by atoms with E-state index in [-0.39, 0.29) is 5.91 Å². The fourth-order valence-corrected chi connectivity index (χ4v) is 3.77. The molecule has 1 aliphatic heterocycles. The maximum absolute atomic E-state index is 12.5. The SMILES string of the molecule is O=C(Nc1nc(-c2cc3ccccc3o2)cs1)C1Cc2ccccc2O1. The fraction of sp³-hybridized carbons (Fsp3) is 0.100. The normalized spacial score (nSPS) is 15.6. The second-order valence-electron chi connectivity index (χ2n) is 6.09. The van der Waals surface area contributed by atoms with Crippen molar-refractivity contribution in [1.82, 2.24) is 4.98 Å². The van der Waals surface area contributed by atoms with Crippen LogP contribution in [0.5, 0.6) is 5.75 Å². The fourth-order valence-electron chi connectivity index (χ4n) is 3.07. The minimum atomic E-state index is -0.522. The van der Waals surface area contributed by atoms with Gasteiger partial charge in [-0.05, 0) is 23.8 Å². The van der Waals surface area contributed by atoms with Gasteiger partial charge in [-0.25, -0.2) is 4.98 Å². The molecule has 6 heteroatoms. The Balaban J connectivity index is 1.32. The van der Waals surface area contributed by atoms with Crippen molar-refractivity contribution in [2.75, 3.05) is 5.32 Å². The van der Waals surface area contributed by atoms with Gasteiger partial charge in [-0.15, -0.1) is 11.3 Å². The third-order valence-electron chi connectivity index (χ3n) is 4.35. The van der Waals surface area contributed by atoms with Crippen LogP contribution in [0.25, 0.3) is 22.4 Å². The Morgan fingerprint density at radius 3 is 2.88 bits per heavy atom. The Morgan fingerprint density at radius 1 is 1.15 bits per heavy atom. The molecule has 0 saturated carbocycles. The molecular formula is C20H14N2O3S. The molecule has 3 heterocycles. The second kappa shape index (κ2) is 6.00. The molecule has 1 unspecified atom stereocenters.